The van der Waals surface area contributed by atoms with E-state index >= 15 is 0 Å². The highest BCUT2D eigenvalue weighted by atomic mass is 16.5. The van der Waals surface area contributed by atoms with Crippen LogP contribution >= 0.6 is 0 Å². The van der Waals surface area contributed by atoms with Gasteiger partial charge in [0.25, 0.3) is 0 Å². The number of para-hydroxylation sites is 2. The number of aromatic nitrogens is 2. The molecule has 0 aliphatic carbocycles. The number of hydrogen-bond acceptors (Lipinski definition) is 4. The van der Waals surface area contributed by atoms with Crippen LogP contribution in [0.1, 0.15) is 11.1 Å². The number of fused-ring (bicyclic) bond motifs is 2. The van der Waals surface area contributed by atoms with Gasteiger partial charge in [-0.05, 0) is 78.2 Å². The number of anilines is 3. The van der Waals surface area contributed by atoms with Crippen molar-refractivity contribution in [3.05, 3.63) is 145 Å². The molecule has 0 atom stereocenters. The fraction of sp³-hybridized carbons (Fsp3) is 0.0556. The van der Waals surface area contributed by atoms with Crippen LogP contribution in [0.5, 0.6) is 5.75 Å². The molecule has 1 aliphatic rings. The van der Waals surface area contributed by atoms with Crippen molar-refractivity contribution in [2.45, 2.75) is 13.5 Å². The highest BCUT2D eigenvalue weighted by molar-refractivity contribution is 5.86. The van der Waals surface area contributed by atoms with E-state index in [1.54, 1.807) is 0 Å². The Morgan fingerprint density at radius 3 is 2.20 bits per heavy atom. The highest BCUT2D eigenvalue weighted by Gasteiger charge is 2.24. The molecular formula is C36H27N3O. The number of benzene rings is 4. The average Bonchev–Trinajstić information content (AvgIpc) is 3.18. The molecule has 6 aromatic rings. The van der Waals surface area contributed by atoms with Gasteiger partial charge in [0.1, 0.15) is 12.4 Å². The zero-order valence-corrected chi connectivity index (χ0v) is 22.2. The quantitative estimate of drug-likeness (QED) is 0.234. The third-order valence-corrected chi connectivity index (χ3v) is 7.29. The lowest BCUT2D eigenvalue weighted by Crippen LogP contribution is -2.11. The standard InChI is InChI=1S/C36H27N3O/c1-25-16-18-37-32(20-25)29-14-15-30-24-40-36-13-6-5-12-34(36)39(35(30)23-29)31-11-7-10-28(21-31)33-22-27(17-19-38-33)26-8-3-2-4-9-26/h2-23H,24H2,1H3. The predicted molar refractivity (Wildman–Crippen MR) is 162 cm³/mol. The van der Waals surface area contributed by atoms with Crippen molar-refractivity contribution >= 4 is 17.1 Å². The van der Waals surface area contributed by atoms with Gasteiger partial charge in [0.05, 0.1) is 22.8 Å². The van der Waals surface area contributed by atoms with Crippen LogP contribution in [0.25, 0.3) is 33.6 Å². The molecule has 4 aromatic carbocycles. The maximum atomic E-state index is 6.30. The summed E-state index contributed by atoms with van der Waals surface area (Å²) in [5, 5.41) is 0. The van der Waals surface area contributed by atoms with Gasteiger partial charge in [0, 0.05) is 34.8 Å². The van der Waals surface area contributed by atoms with Gasteiger partial charge in [-0.1, -0.05) is 66.7 Å². The largest absolute Gasteiger partial charge is 0.487 e. The molecule has 0 N–H and O–H groups in total. The van der Waals surface area contributed by atoms with Gasteiger partial charge in [-0.25, -0.2) is 0 Å². The van der Waals surface area contributed by atoms with Gasteiger partial charge in [0.15, 0.2) is 0 Å². The van der Waals surface area contributed by atoms with Crippen LogP contribution in [-0.4, -0.2) is 9.97 Å². The third-order valence-electron chi connectivity index (χ3n) is 7.29. The van der Waals surface area contributed by atoms with E-state index in [4.69, 9.17) is 9.72 Å². The Morgan fingerprint density at radius 1 is 0.575 bits per heavy atom. The van der Waals surface area contributed by atoms with Gasteiger partial charge in [-0.15, -0.1) is 0 Å². The van der Waals surface area contributed by atoms with E-state index in [9.17, 15) is 0 Å². The average molecular weight is 518 g/mol. The third kappa shape index (κ3) is 4.50. The van der Waals surface area contributed by atoms with Crippen LogP contribution in [-0.2, 0) is 6.61 Å². The number of nitrogens with zero attached hydrogens (tertiary/aromatic N) is 3. The zero-order chi connectivity index (χ0) is 26.9. The summed E-state index contributed by atoms with van der Waals surface area (Å²) in [6.45, 7) is 2.59. The summed E-state index contributed by atoms with van der Waals surface area (Å²) >= 11 is 0. The van der Waals surface area contributed by atoms with Gasteiger partial charge in [-0.3, -0.25) is 9.97 Å². The van der Waals surface area contributed by atoms with Crippen molar-refractivity contribution < 1.29 is 4.74 Å². The molecule has 4 nitrogen and oxygen atoms in total. The van der Waals surface area contributed by atoms with E-state index in [1.165, 1.54) is 11.1 Å². The lowest BCUT2D eigenvalue weighted by molar-refractivity contribution is 0.310. The van der Waals surface area contributed by atoms with Crippen molar-refractivity contribution in [2.75, 3.05) is 4.90 Å². The Morgan fingerprint density at radius 2 is 1.32 bits per heavy atom. The Labute approximate surface area is 234 Å². The normalized spacial score (nSPS) is 12.2. The number of aryl methyl sites for hydroxylation is 1. The van der Waals surface area contributed by atoms with Crippen molar-refractivity contribution in [3.63, 3.8) is 0 Å². The summed E-state index contributed by atoms with van der Waals surface area (Å²) in [4.78, 5) is 11.7. The second kappa shape index (κ2) is 10.2. The Kier molecular flexibility index (Phi) is 6.06. The number of pyridine rings is 2. The molecule has 0 bridgehead atoms. The summed E-state index contributed by atoms with van der Waals surface area (Å²) in [5.41, 5.74) is 11.7. The van der Waals surface area contributed by atoms with E-state index in [0.717, 1.165) is 56.5 Å². The number of hydrogen-bond donors (Lipinski definition) is 0. The molecular weight excluding hydrogens is 490 g/mol. The van der Waals surface area contributed by atoms with Crippen LogP contribution < -0.4 is 9.64 Å². The molecule has 3 heterocycles. The summed E-state index contributed by atoms with van der Waals surface area (Å²) < 4.78 is 6.30. The second-order valence-electron chi connectivity index (χ2n) is 10.00. The minimum absolute atomic E-state index is 0.491. The minimum Gasteiger partial charge on any atom is -0.487 e. The van der Waals surface area contributed by atoms with E-state index in [2.05, 4.69) is 114 Å². The van der Waals surface area contributed by atoms with Crippen LogP contribution in [0.15, 0.2) is 134 Å². The van der Waals surface area contributed by atoms with Crippen molar-refractivity contribution in [1.82, 2.24) is 9.97 Å². The molecule has 2 aromatic heterocycles. The fourth-order valence-electron chi connectivity index (χ4n) is 5.28. The molecule has 0 spiro atoms. The lowest BCUT2D eigenvalue weighted by atomic mass is 10.0. The molecule has 40 heavy (non-hydrogen) atoms. The number of rotatable bonds is 4. The Bertz CT molecular complexity index is 1830. The van der Waals surface area contributed by atoms with E-state index < -0.39 is 0 Å². The maximum absolute atomic E-state index is 6.30. The Balaban J connectivity index is 1.37. The lowest BCUT2D eigenvalue weighted by Gasteiger charge is -2.27. The molecule has 0 amide bonds. The second-order valence-corrected chi connectivity index (χ2v) is 10.00. The van der Waals surface area contributed by atoms with Gasteiger partial charge in [0.2, 0.25) is 0 Å². The predicted octanol–water partition coefficient (Wildman–Crippen LogP) is 9.15. The first kappa shape index (κ1) is 23.9. The zero-order valence-electron chi connectivity index (χ0n) is 22.2. The topological polar surface area (TPSA) is 38.2 Å². The van der Waals surface area contributed by atoms with Crippen LogP contribution in [0.4, 0.5) is 17.1 Å². The summed E-state index contributed by atoms with van der Waals surface area (Å²) in [6, 6.07) is 42.1. The maximum Gasteiger partial charge on any atom is 0.143 e. The SMILES string of the molecule is Cc1ccnc(-c2ccc3c(c2)N(c2cccc(-c4cc(-c5ccccc5)ccn4)c2)c2ccccc2OC3)c1. The minimum atomic E-state index is 0.491. The van der Waals surface area contributed by atoms with Crippen LogP contribution in [0, 0.1) is 6.92 Å². The highest BCUT2D eigenvalue weighted by Crippen LogP contribution is 2.46. The summed E-state index contributed by atoms with van der Waals surface area (Å²) in [7, 11) is 0. The molecule has 0 fully saturated rings. The smallest absolute Gasteiger partial charge is 0.143 e. The van der Waals surface area contributed by atoms with E-state index in [1.807, 2.05) is 36.7 Å². The first-order valence-corrected chi connectivity index (χ1v) is 13.4. The molecule has 192 valence electrons. The van der Waals surface area contributed by atoms with Crippen LogP contribution in [0.3, 0.4) is 0 Å². The van der Waals surface area contributed by atoms with Crippen molar-refractivity contribution in [1.29, 1.82) is 0 Å². The summed E-state index contributed by atoms with van der Waals surface area (Å²) in [6.07, 6.45) is 3.75. The van der Waals surface area contributed by atoms with Gasteiger partial charge >= 0.3 is 0 Å². The molecule has 0 saturated carbocycles. The molecule has 4 heteroatoms. The molecule has 1 aliphatic heterocycles. The molecule has 7 rings (SSSR count). The molecule has 0 radical (unpaired) electrons. The van der Waals surface area contributed by atoms with E-state index in [0.29, 0.717) is 6.61 Å². The number of ether oxygens (including phenoxy) is 1. The van der Waals surface area contributed by atoms with Crippen molar-refractivity contribution in [2.24, 2.45) is 0 Å². The van der Waals surface area contributed by atoms with E-state index in [-0.39, 0.29) is 0 Å². The summed E-state index contributed by atoms with van der Waals surface area (Å²) in [5.74, 6) is 0.850. The van der Waals surface area contributed by atoms with Crippen molar-refractivity contribution in [3.8, 4) is 39.4 Å². The van der Waals surface area contributed by atoms with Gasteiger partial charge in [-0.2, -0.15) is 0 Å². The first-order chi connectivity index (χ1) is 19.7. The van der Waals surface area contributed by atoms with Crippen LogP contribution in [0.2, 0.25) is 0 Å². The van der Waals surface area contributed by atoms with Gasteiger partial charge < -0.3 is 9.64 Å². The monoisotopic (exact) mass is 517 g/mol. The fourth-order valence-corrected chi connectivity index (χ4v) is 5.28. The first-order valence-electron chi connectivity index (χ1n) is 13.4. The Hall–Kier alpha value is -5.22. The molecule has 0 unspecified atom stereocenters. The molecule has 0 saturated heterocycles.